The monoisotopic (exact) mass is 428 g/mol. The molecule has 0 aliphatic heterocycles. The smallest absolute Gasteiger partial charge is 0.341 e. The Labute approximate surface area is 178 Å². The zero-order chi connectivity index (χ0) is 20.8. The van der Waals surface area contributed by atoms with Crippen LogP contribution in [0.5, 0.6) is 0 Å². The number of hydrogen-bond donors (Lipinski definition) is 2. The minimum Gasteiger partial charge on any atom is -0.449 e. The Kier molecular flexibility index (Phi) is 6.75. The average Bonchev–Trinajstić information content (AvgIpc) is 2.68. The molecule has 0 aromatic heterocycles. The number of hydrogen-bond acceptors (Lipinski definition) is 4. The van der Waals surface area contributed by atoms with Gasteiger partial charge in [-0.25, -0.2) is 4.79 Å². The molecular formula is C22H18Cl2N2O3. The Hall–Kier alpha value is -3.02. The highest BCUT2D eigenvalue weighted by atomic mass is 35.5. The molecule has 0 heterocycles. The lowest BCUT2D eigenvalue weighted by Crippen LogP contribution is -2.30. The van der Waals surface area contributed by atoms with Gasteiger partial charge in [0.2, 0.25) is 0 Å². The summed E-state index contributed by atoms with van der Waals surface area (Å²) in [4.78, 5) is 25.0. The molecule has 3 aromatic carbocycles. The maximum absolute atomic E-state index is 12.6. The molecule has 1 amide bonds. The summed E-state index contributed by atoms with van der Waals surface area (Å²) in [6, 6.07) is 21.0. The molecule has 2 N–H and O–H groups in total. The van der Waals surface area contributed by atoms with Crippen LogP contribution in [0.4, 0.5) is 17.1 Å². The van der Waals surface area contributed by atoms with Crippen LogP contribution in [0, 0.1) is 0 Å². The maximum Gasteiger partial charge on any atom is 0.341 e. The van der Waals surface area contributed by atoms with Gasteiger partial charge in [0.05, 0.1) is 11.3 Å². The fourth-order valence-electron chi connectivity index (χ4n) is 2.59. The van der Waals surface area contributed by atoms with Gasteiger partial charge >= 0.3 is 5.97 Å². The van der Waals surface area contributed by atoms with Gasteiger partial charge in [-0.2, -0.15) is 0 Å². The van der Waals surface area contributed by atoms with Crippen LogP contribution in [-0.4, -0.2) is 18.0 Å². The molecule has 0 aliphatic rings. The van der Waals surface area contributed by atoms with Crippen molar-refractivity contribution in [2.75, 3.05) is 10.6 Å². The summed E-state index contributed by atoms with van der Waals surface area (Å²) in [7, 11) is 0. The number of anilines is 3. The number of benzene rings is 3. The Morgan fingerprint density at radius 1 is 0.862 bits per heavy atom. The molecule has 1 unspecified atom stereocenters. The molecule has 0 saturated heterocycles. The van der Waals surface area contributed by atoms with E-state index in [1.165, 1.54) is 6.92 Å². The highest BCUT2D eigenvalue weighted by molar-refractivity contribution is 6.35. The van der Waals surface area contributed by atoms with E-state index in [2.05, 4.69) is 10.6 Å². The standard InChI is InChI=1S/C22H18Cl2N2O3/c1-14(21(27)26-18-12-15(23)11-16(24)13-18)29-22(28)19-9-5-6-10-20(19)25-17-7-3-2-4-8-17/h2-14,25H,1H3,(H,26,27). The Morgan fingerprint density at radius 2 is 1.48 bits per heavy atom. The third-order valence-corrected chi connectivity index (χ3v) is 4.42. The van der Waals surface area contributed by atoms with Crippen molar-refractivity contribution in [3.8, 4) is 0 Å². The molecule has 7 heteroatoms. The Bertz CT molecular complexity index is 1010. The number of carbonyl (C=O) groups is 2. The second kappa shape index (κ2) is 9.45. The molecule has 5 nitrogen and oxygen atoms in total. The van der Waals surface area contributed by atoms with Crippen molar-refractivity contribution in [2.45, 2.75) is 13.0 Å². The molecule has 0 spiro atoms. The molecular weight excluding hydrogens is 411 g/mol. The minimum atomic E-state index is -1.02. The lowest BCUT2D eigenvalue weighted by atomic mass is 10.1. The number of rotatable bonds is 6. The number of nitrogens with one attached hydrogen (secondary N) is 2. The summed E-state index contributed by atoms with van der Waals surface area (Å²) < 4.78 is 5.35. The van der Waals surface area contributed by atoms with Gasteiger partial charge in [-0.05, 0) is 49.4 Å². The fraction of sp³-hybridized carbons (Fsp3) is 0.0909. The molecule has 3 aromatic rings. The van der Waals surface area contributed by atoms with Gasteiger partial charge < -0.3 is 15.4 Å². The molecule has 0 aliphatic carbocycles. The number of halogens is 2. The van der Waals surface area contributed by atoms with E-state index in [1.54, 1.807) is 42.5 Å². The molecule has 3 rings (SSSR count). The van der Waals surface area contributed by atoms with Crippen LogP contribution in [0.15, 0.2) is 72.8 Å². The van der Waals surface area contributed by atoms with E-state index >= 15 is 0 Å². The number of para-hydroxylation sites is 2. The van der Waals surface area contributed by atoms with E-state index in [9.17, 15) is 9.59 Å². The predicted octanol–water partition coefficient (Wildman–Crippen LogP) is 5.92. The third kappa shape index (κ3) is 5.73. The number of ether oxygens (including phenoxy) is 1. The molecule has 0 radical (unpaired) electrons. The average molecular weight is 429 g/mol. The summed E-state index contributed by atoms with van der Waals surface area (Å²) in [6.45, 7) is 1.49. The highest BCUT2D eigenvalue weighted by Crippen LogP contribution is 2.24. The van der Waals surface area contributed by atoms with Crippen molar-refractivity contribution in [3.05, 3.63) is 88.4 Å². The van der Waals surface area contributed by atoms with Gasteiger partial charge in [0, 0.05) is 21.4 Å². The summed E-state index contributed by atoms with van der Waals surface area (Å²) in [6.07, 6.45) is -1.02. The normalized spacial score (nSPS) is 11.4. The van der Waals surface area contributed by atoms with E-state index in [1.807, 2.05) is 30.3 Å². The van der Waals surface area contributed by atoms with Gasteiger partial charge in [0.25, 0.3) is 5.91 Å². The lowest BCUT2D eigenvalue weighted by Gasteiger charge is -2.16. The summed E-state index contributed by atoms with van der Waals surface area (Å²) in [5.74, 6) is -1.11. The molecule has 0 fully saturated rings. The van der Waals surface area contributed by atoms with Crippen LogP contribution in [0.1, 0.15) is 17.3 Å². The van der Waals surface area contributed by atoms with Gasteiger partial charge in [-0.3, -0.25) is 4.79 Å². The van der Waals surface area contributed by atoms with Gasteiger partial charge in [-0.1, -0.05) is 53.5 Å². The first kappa shape index (κ1) is 20.7. The van der Waals surface area contributed by atoms with Crippen LogP contribution < -0.4 is 10.6 Å². The van der Waals surface area contributed by atoms with Crippen molar-refractivity contribution in [2.24, 2.45) is 0 Å². The SMILES string of the molecule is CC(OC(=O)c1ccccc1Nc1ccccc1)C(=O)Nc1cc(Cl)cc(Cl)c1. The lowest BCUT2D eigenvalue weighted by molar-refractivity contribution is -0.123. The Balaban J connectivity index is 1.68. The van der Waals surface area contributed by atoms with Crippen LogP contribution in [0.2, 0.25) is 10.0 Å². The van der Waals surface area contributed by atoms with Crippen molar-refractivity contribution >= 4 is 52.1 Å². The van der Waals surface area contributed by atoms with Crippen molar-refractivity contribution in [1.29, 1.82) is 0 Å². The predicted molar refractivity (Wildman–Crippen MR) is 116 cm³/mol. The second-order valence-electron chi connectivity index (χ2n) is 6.23. The largest absolute Gasteiger partial charge is 0.449 e. The number of esters is 1. The summed E-state index contributed by atoms with van der Waals surface area (Å²) in [5, 5.41) is 6.59. The fourth-order valence-corrected chi connectivity index (χ4v) is 3.12. The number of carbonyl (C=O) groups excluding carboxylic acids is 2. The first-order chi connectivity index (χ1) is 13.9. The van der Waals surface area contributed by atoms with E-state index in [4.69, 9.17) is 27.9 Å². The number of amides is 1. The third-order valence-electron chi connectivity index (χ3n) is 3.98. The molecule has 148 valence electrons. The van der Waals surface area contributed by atoms with Crippen molar-refractivity contribution < 1.29 is 14.3 Å². The quantitative estimate of drug-likeness (QED) is 0.478. The highest BCUT2D eigenvalue weighted by Gasteiger charge is 2.21. The van der Waals surface area contributed by atoms with Crippen LogP contribution >= 0.6 is 23.2 Å². The van der Waals surface area contributed by atoms with Crippen LogP contribution in [0.25, 0.3) is 0 Å². The topological polar surface area (TPSA) is 67.4 Å². The zero-order valence-electron chi connectivity index (χ0n) is 15.5. The minimum absolute atomic E-state index is 0.321. The van der Waals surface area contributed by atoms with E-state index < -0.39 is 18.0 Å². The maximum atomic E-state index is 12.6. The first-order valence-corrected chi connectivity index (χ1v) is 9.57. The summed E-state index contributed by atoms with van der Waals surface area (Å²) >= 11 is 11.9. The first-order valence-electron chi connectivity index (χ1n) is 8.81. The molecule has 0 bridgehead atoms. The molecule has 29 heavy (non-hydrogen) atoms. The summed E-state index contributed by atoms with van der Waals surface area (Å²) in [5.41, 5.74) is 2.15. The van der Waals surface area contributed by atoms with Gasteiger partial charge in [0.15, 0.2) is 6.10 Å². The van der Waals surface area contributed by atoms with Crippen LogP contribution in [-0.2, 0) is 9.53 Å². The van der Waals surface area contributed by atoms with Gasteiger partial charge in [-0.15, -0.1) is 0 Å². The van der Waals surface area contributed by atoms with Gasteiger partial charge in [0.1, 0.15) is 0 Å². The van der Waals surface area contributed by atoms with Crippen LogP contribution in [0.3, 0.4) is 0 Å². The Morgan fingerprint density at radius 3 is 2.17 bits per heavy atom. The molecule has 0 saturated carbocycles. The van der Waals surface area contributed by atoms with Crippen molar-refractivity contribution in [3.63, 3.8) is 0 Å². The van der Waals surface area contributed by atoms with E-state index in [-0.39, 0.29) is 0 Å². The second-order valence-corrected chi connectivity index (χ2v) is 7.10. The molecule has 1 atom stereocenters. The zero-order valence-corrected chi connectivity index (χ0v) is 17.0. The van der Waals surface area contributed by atoms with E-state index in [0.717, 1.165) is 5.69 Å². The van der Waals surface area contributed by atoms with Crippen molar-refractivity contribution in [1.82, 2.24) is 0 Å². The van der Waals surface area contributed by atoms with E-state index in [0.29, 0.717) is 27.0 Å².